The highest BCUT2D eigenvalue weighted by molar-refractivity contribution is 6.32. The lowest BCUT2D eigenvalue weighted by Gasteiger charge is -2.36. The van der Waals surface area contributed by atoms with Gasteiger partial charge >= 0.3 is 0 Å². The van der Waals surface area contributed by atoms with E-state index in [1.54, 1.807) is 12.1 Å². The lowest BCUT2D eigenvalue weighted by atomic mass is 10.1. The number of carbonyl (C=O) groups is 1. The molecule has 0 unspecified atom stereocenters. The first-order valence-electron chi connectivity index (χ1n) is 9.70. The fraction of sp³-hybridized carbons (Fsp3) is 0.381. The molecule has 0 aliphatic carbocycles. The van der Waals surface area contributed by atoms with Crippen molar-refractivity contribution in [1.29, 1.82) is 0 Å². The lowest BCUT2D eigenvalue weighted by molar-refractivity contribution is 0.0946. The van der Waals surface area contributed by atoms with E-state index < -0.39 is 0 Å². The summed E-state index contributed by atoms with van der Waals surface area (Å²) in [4.78, 5) is 17.0. The van der Waals surface area contributed by atoms with Crippen LogP contribution in [-0.4, -0.2) is 63.3 Å². The summed E-state index contributed by atoms with van der Waals surface area (Å²) in [6, 6.07) is 9.86. The molecule has 29 heavy (non-hydrogen) atoms. The Labute approximate surface area is 174 Å². The molecule has 0 bridgehead atoms. The summed E-state index contributed by atoms with van der Waals surface area (Å²) in [6.07, 6.45) is 0. The Balaban J connectivity index is 1.24. The van der Waals surface area contributed by atoms with Gasteiger partial charge in [-0.05, 0) is 36.4 Å². The third-order valence-electron chi connectivity index (χ3n) is 5.14. The van der Waals surface area contributed by atoms with Gasteiger partial charge in [-0.25, -0.2) is 4.39 Å². The average molecular weight is 420 g/mol. The van der Waals surface area contributed by atoms with Gasteiger partial charge in [-0.3, -0.25) is 9.69 Å². The first-order valence-corrected chi connectivity index (χ1v) is 10.1. The van der Waals surface area contributed by atoms with Gasteiger partial charge in [-0.2, -0.15) is 0 Å². The molecule has 0 atom stereocenters. The van der Waals surface area contributed by atoms with E-state index in [0.717, 1.165) is 38.4 Å². The molecule has 0 aromatic heterocycles. The van der Waals surface area contributed by atoms with E-state index in [-0.39, 0.29) is 11.7 Å². The van der Waals surface area contributed by atoms with Crippen LogP contribution in [0.1, 0.15) is 10.4 Å². The van der Waals surface area contributed by atoms with E-state index in [9.17, 15) is 9.18 Å². The Morgan fingerprint density at radius 3 is 2.55 bits per heavy atom. The van der Waals surface area contributed by atoms with Gasteiger partial charge in [0.05, 0.1) is 5.02 Å². The van der Waals surface area contributed by atoms with Gasteiger partial charge in [0.15, 0.2) is 11.5 Å². The van der Waals surface area contributed by atoms with Gasteiger partial charge in [0.2, 0.25) is 0 Å². The van der Waals surface area contributed by atoms with Crippen molar-refractivity contribution >= 4 is 23.2 Å². The van der Waals surface area contributed by atoms with Gasteiger partial charge in [0.25, 0.3) is 5.91 Å². The third kappa shape index (κ3) is 4.74. The average Bonchev–Trinajstić information content (AvgIpc) is 2.75. The van der Waals surface area contributed by atoms with Crippen molar-refractivity contribution in [3.05, 3.63) is 52.8 Å². The minimum absolute atomic E-state index is 0.186. The molecule has 4 rings (SSSR count). The molecule has 0 spiro atoms. The summed E-state index contributed by atoms with van der Waals surface area (Å²) in [5.74, 6) is 0.593. The number of rotatable bonds is 5. The van der Waals surface area contributed by atoms with Crippen molar-refractivity contribution in [2.45, 2.75) is 0 Å². The Hall–Kier alpha value is -2.51. The standard InChI is InChI=1S/C21H23ClFN3O3/c22-18-13-15(14-19-20(18)29-12-11-28-19)21(27)24-5-6-25-7-9-26(10-8-25)17-3-1-16(23)2-4-17/h1-4,13-14H,5-12H2,(H,24,27). The van der Waals surface area contributed by atoms with Crippen LogP contribution >= 0.6 is 11.6 Å². The van der Waals surface area contributed by atoms with E-state index in [1.165, 1.54) is 12.1 Å². The highest BCUT2D eigenvalue weighted by Crippen LogP contribution is 2.38. The SMILES string of the molecule is O=C(NCCN1CCN(c2ccc(F)cc2)CC1)c1cc(Cl)c2c(c1)OCCO2. The van der Waals surface area contributed by atoms with Crippen molar-refractivity contribution in [2.24, 2.45) is 0 Å². The van der Waals surface area contributed by atoms with E-state index in [4.69, 9.17) is 21.1 Å². The maximum atomic E-state index is 13.1. The number of hydrogen-bond acceptors (Lipinski definition) is 5. The summed E-state index contributed by atoms with van der Waals surface area (Å²) in [7, 11) is 0. The van der Waals surface area contributed by atoms with Crippen molar-refractivity contribution in [1.82, 2.24) is 10.2 Å². The summed E-state index contributed by atoms with van der Waals surface area (Å²) in [5, 5.41) is 3.32. The Morgan fingerprint density at radius 2 is 1.79 bits per heavy atom. The van der Waals surface area contributed by atoms with Gasteiger partial charge < -0.3 is 19.7 Å². The molecule has 2 heterocycles. The molecular formula is C21H23ClFN3O3. The van der Waals surface area contributed by atoms with E-state index in [0.29, 0.717) is 41.8 Å². The highest BCUT2D eigenvalue weighted by atomic mass is 35.5. The molecule has 8 heteroatoms. The predicted molar refractivity (Wildman–Crippen MR) is 110 cm³/mol. The Kier molecular flexibility index (Phi) is 6.06. The molecule has 1 saturated heterocycles. The van der Waals surface area contributed by atoms with Gasteiger partial charge in [-0.15, -0.1) is 0 Å². The zero-order valence-electron chi connectivity index (χ0n) is 16.0. The van der Waals surface area contributed by atoms with Gasteiger partial charge in [-0.1, -0.05) is 11.6 Å². The van der Waals surface area contributed by atoms with Crippen LogP contribution in [0.3, 0.4) is 0 Å². The molecule has 154 valence electrons. The van der Waals surface area contributed by atoms with Crippen LogP contribution in [0.4, 0.5) is 10.1 Å². The number of carbonyl (C=O) groups excluding carboxylic acids is 1. The van der Waals surface area contributed by atoms with Gasteiger partial charge in [0.1, 0.15) is 19.0 Å². The Morgan fingerprint density at radius 1 is 1.07 bits per heavy atom. The van der Waals surface area contributed by atoms with Crippen LogP contribution in [0.25, 0.3) is 0 Å². The molecule has 1 fully saturated rings. The van der Waals surface area contributed by atoms with Gasteiger partial charge in [0, 0.05) is 50.5 Å². The number of nitrogens with one attached hydrogen (secondary N) is 1. The van der Waals surface area contributed by atoms with Crippen LogP contribution in [0.2, 0.25) is 5.02 Å². The number of anilines is 1. The van der Waals surface area contributed by atoms with Crippen LogP contribution in [0, 0.1) is 5.82 Å². The number of fused-ring (bicyclic) bond motifs is 1. The molecule has 0 radical (unpaired) electrons. The van der Waals surface area contributed by atoms with Crippen LogP contribution < -0.4 is 19.7 Å². The van der Waals surface area contributed by atoms with E-state index in [2.05, 4.69) is 15.1 Å². The monoisotopic (exact) mass is 419 g/mol. The topological polar surface area (TPSA) is 54.0 Å². The van der Waals surface area contributed by atoms with E-state index >= 15 is 0 Å². The molecule has 0 saturated carbocycles. The largest absolute Gasteiger partial charge is 0.486 e. The number of amides is 1. The molecule has 2 aromatic rings. The normalized spacial score (nSPS) is 16.6. The smallest absolute Gasteiger partial charge is 0.251 e. The number of piperazine rings is 1. The molecular weight excluding hydrogens is 397 g/mol. The van der Waals surface area contributed by atoms with Crippen LogP contribution in [0.15, 0.2) is 36.4 Å². The number of ether oxygens (including phenoxy) is 2. The molecule has 6 nitrogen and oxygen atoms in total. The van der Waals surface area contributed by atoms with Crippen molar-refractivity contribution in [2.75, 3.05) is 57.4 Å². The van der Waals surface area contributed by atoms with Crippen LogP contribution in [0.5, 0.6) is 11.5 Å². The maximum absolute atomic E-state index is 13.1. The minimum Gasteiger partial charge on any atom is -0.486 e. The molecule has 1 N–H and O–H groups in total. The molecule has 2 aliphatic rings. The number of hydrogen-bond donors (Lipinski definition) is 1. The predicted octanol–water partition coefficient (Wildman–Crippen LogP) is 2.80. The minimum atomic E-state index is -0.220. The number of nitrogens with zero attached hydrogens (tertiary/aromatic N) is 2. The zero-order chi connectivity index (χ0) is 20.2. The van der Waals surface area contributed by atoms with Crippen molar-refractivity contribution < 1.29 is 18.7 Å². The first kappa shape index (κ1) is 19.8. The quantitative estimate of drug-likeness (QED) is 0.807. The number of halogens is 2. The summed E-state index contributed by atoms with van der Waals surface area (Å²) in [5.41, 5.74) is 1.50. The summed E-state index contributed by atoms with van der Waals surface area (Å²) >= 11 is 6.20. The second-order valence-electron chi connectivity index (χ2n) is 7.04. The second-order valence-corrected chi connectivity index (χ2v) is 7.45. The zero-order valence-corrected chi connectivity index (χ0v) is 16.8. The first-order chi connectivity index (χ1) is 14.1. The fourth-order valence-corrected chi connectivity index (χ4v) is 3.82. The van der Waals surface area contributed by atoms with Crippen molar-refractivity contribution in [3.63, 3.8) is 0 Å². The summed E-state index contributed by atoms with van der Waals surface area (Å²) < 4.78 is 24.1. The fourth-order valence-electron chi connectivity index (χ4n) is 3.55. The Bertz CT molecular complexity index is 870. The molecule has 2 aliphatic heterocycles. The van der Waals surface area contributed by atoms with Crippen molar-refractivity contribution in [3.8, 4) is 11.5 Å². The van der Waals surface area contributed by atoms with Crippen LogP contribution in [-0.2, 0) is 0 Å². The molecule has 1 amide bonds. The van der Waals surface area contributed by atoms with E-state index in [1.807, 2.05) is 12.1 Å². The number of benzene rings is 2. The lowest BCUT2D eigenvalue weighted by Crippen LogP contribution is -2.48. The highest BCUT2D eigenvalue weighted by Gasteiger charge is 2.20. The molecule has 2 aromatic carbocycles. The second kappa shape index (κ2) is 8.88. The third-order valence-corrected chi connectivity index (χ3v) is 5.42. The summed E-state index contributed by atoms with van der Waals surface area (Å²) in [6.45, 7) is 5.73. The maximum Gasteiger partial charge on any atom is 0.251 e.